The molecule has 4 heteroatoms. The predicted octanol–water partition coefficient (Wildman–Crippen LogP) is 13.3. The van der Waals surface area contributed by atoms with Crippen molar-refractivity contribution in [3.63, 3.8) is 0 Å². The summed E-state index contributed by atoms with van der Waals surface area (Å²) in [6, 6.07) is 33.8. The van der Waals surface area contributed by atoms with Crippen LogP contribution in [0.1, 0.15) is 109 Å². The van der Waals surface area contributed by atoms with E-state index in [9.17, 15) is 0 Å². The highest BCUT2D eigenvalue weighted by Crippen LogP contribution is 2.56. The van der Waals surface area contributed by atoms with Gasteiger partial charge in [-0.3, -0.25) is 0 Å². The molecule has 0 spiro atoms. The van der Waals surface area contributed by atoms with Crippen LogP contribution in [-0.2, 0) is 6.42 Å². The SMILES string of the molecule is C/C(=C\CC[C@]1(C)CCc2c(C)c(O[Si](C)(C)C(C)(C)C)c(C)c(C)c2O1)CC/C=C(\C)CCC[P+](c1ccccc1)(c1ccccc1)c1ccccc1. The van der Waals surface area contributed by atoms with Gasteiger partial charge in [0.15, 0.2) is 0 Å². The molecule has 2 nitrogen and oxygen atoms in total. The Balaban J connectivity index is 1.17. The summed E-state index contributed by atoms with van der Waals surface area (Å²) < 4.78 is 13.8. The molecule has 1 aliphatic rings. The molecule has 0 radical (unpaired) electrons. The lowest BCUT2D eigenvalue weighted by Crippen LogP contribution is -2.44. The van der Waals surface area contributed by atoms with E-state index in [4.69, 9.17) is 9.16 Å². The molecule has 54 heavy (non-hydrogen) atoms. The third-order valence-corrected chi connectivity index (χ3v) is 21.4. The Morgan fingerprint density at radius 2 is 1.24 bits per heavy atom. The van der Waals surface area contributed by atoms with Crippen LogP contribution in [-0.4, -0.2) is 20.1 Å². The molecule has 0 fully saturated rings. The Hall–Kier alpha value is -3.39. The first-order valence-corrected chi connectivity index (χ1v) is 25.3. The third-order valence-electron chi connectivity index (χ3n) is 12.6. The highest BCUT2D eigenvalue weighted by atomic mass is 31.2. The molecule has 288 valence electrons. The van der Waals surface area contributed by atoms with Crippen molar-refractivity contribution in [2.45, 2.75) is 137 Å². The van der Waals surface area contributed by atoms with Gasteiger partial charge in [-0.2, -0.15) is 0 Å². The minimum absolute atomic E-state index is 0.150. The fraction of sp³-hybridized carbons (Fsp3) is 0.440. The van der Waals surface area contributed by atoms with Crippen LogP contribution < -0.4 is 25.1 Å². The van der Waals surface area contributed by atoms with E-state index in [1.807, 2.05) is 0 Å². The smallest absolute Gasteiger partial charge is 0.250 e. The molecule has 0 N–H and O–H groups in total. The lowest BCUT2D eigenvalue weighted by atomic mass is 9.85. The molecule has 0 saturated heterocycles. The van der Waals surface area contributed by atoms with Crippen molar-refractivity contribution in [3.8, 4) is 11.5 Å². The Labute approximate surface area is 331 Å². The van der Waals surface area contributed by atoms with Crippen LogP contribution in [0.5, 0.6) is 11.5 Å². The maximum absolute atomic E-state index is 6.92. The third kappa shape index (κ3) is 9.51. The van der Waals surface area contributed by atoms with Crippen molar-refractivity contribution >= 4 is 31.5 Å². The maximum Gasteiger partial charge on any atom is 0.250 e. The lowest BCUT2D eigenvalue weighted by Gasteiger charge is -2.41. The largest absolute Gasteiger partial charge is 0.543 e. The average Bonchev–Trinajstić information content (AvgIpc) is 3.15. The zero-order chi connectivity index (χ0) is 39.1. The number of benzene rings is 4. The fourth-order valence-electron chi connectivity index (χ4n) is 7.87. The van der Waals surface area contributed by atoms with Gasteiger partial charge in [-0.15, -0.1) is 0 Å². The van der Waals surface area contributed by atoms with Crippen molar-refractivity contribution < 1.29 is 9.16 Å². The number of hydrogen-bond acceptors (Lipinski definition) is 2. The van der Waals surface area contributed by atoms with Gasteiger partial charge >= 0.3 is 0 Å². The second-order valence-corrected chi connectivity index (χ2v) is 26.1. The van der Waals surface area contributed by atoms with E-state index in [1.165, 1.54) is 61.9 Å². The number of ether oxygens (including phenoxy) is 1. The summed E-state index contributed by atoms with van der Waals surface area (Å²) in [7, 11) is -3.72. The number of rotatable bonds is 15. The van der Waals surface area contributed by atoms with E-state index in [1.54, 1.807) is 0 Å². The summed E-state index contributed by atoms with van der Waals surface area (Å²) in [5.74, 6) is 2.22. The molecular weight excluding hydrogens is 692 g/mol. The van der Waals surface area contributed by atoms with Gasteiger partial charge in [0.1, 0.15) is 40.3 Å². The van der Waals surface area contributed by atoms with E-state index in [-0.39, 0.29) is 10.6 Å². The highest BCUT2D eigenvalue weighted by molar-refractivity contribution is 7.95. The Morgan fingerprint density at radius 1 is 0.741 bits per heavy atom. The summed E-state index contributed by atoms with van der Waals surface area (Å²) in [5, 5.41) is 4.59. The molecule has 5 rings (SSSR count). The summed E-state index contributed by atoms with van der Waals surface area (Å²) in [4.78, 5) is 0. The molecule has 0 unspecified atom stereocenters. The van der Waals surface area contributed by atoms with Crippen LogP contribution >= 0.6 is 7.26 Å². The van der Waals surface area contributed by atoms with Crippen molar-refractivity contribution in [3.05, 3.63) is 137 Å². The van der Waals surface area contributed by atoms with Gasteiger partial charge < -0.3 is 9.16 Å². The van der Waals surface area contributed by atoms with Crippen molar-refractivity contribution in [1.29, 1.82) is 0 Å². The van der Waals surface area contributed by atoms with Crippen LogP contribution in [0.3, 0.4) is 0 Å². The van der Waals surface area contributed by atoms with Gasteiger partial charge in [-0.1, -0.05) is 98.7 Å². The molecule has 0 aromatic heterocycles. The average molecular weight is 760 g/mol. The van der Waals surface area contributed by atoms with Crippen LogP contribution in [0.25, 0.3) is 0 Å². The topological polar surface area (TPSA) is 18.5 Å². The van der Waals surface area contributed by atoms with Gasteiger partial charge in [0.05, 0.1) is 6.16 Å². The molecule has 1 atom stereocenters. The molecular formula is C50H68O2PSi+. The van der Waals surface area contributed by atoms with Crippen molar-refractivity contribution in [2.24, 2.45) is 0 Å². The van der Waals surface area contributed by atoms with E-state index < -0.39 is 15.6 Å². The normalized spacial score (nSPS) is 16.9. The van der Waals surface area contributed by atoms with Crippen molar-refractivity contribution in [2.75, 3.05) is 6.16 Å². The summed E-state index contributed by atoms with van der Waals surface area (Å²) in [5.41, 5.74) is 7.96. The molecule has 0 bridgehead atoms. The predicted molar refractivity (Wildman–Crippen MR) is 241 cm³/mol. The Bertz CT molecular complexity index is 1810. The van der Waals surface area contributed by atoms with Gasteiger partial charge in [-0.25, -0.2) is 0 Å². The molecule has 0 aliphatic carbocycles. The molecule has 0 amide bonds. The summed E-state index contributed by atoms with van der Waals surface area (Å²) >= 11 is 0. The first kappa shape index (κ1) is 41.8. The summed E-state index contributed by atoms with van der Waals surface area (Å²) in [6.45, 7) is 25.3. The molecule has 4 aromatic rings. The van der Waals surface area contributed by atoms with Gasteiger partial charge in [-0.05, 0) is 164 Å². The fourth-order valence-corrected chi connectivity index (χ4v) is 13.3. The second kappa shape index (κ2) is 17.6. The number of fused-ring (bicyclic) bond motifs is 1. The van der Waals surface area contributed by atoms with Crippen LogP contribution in [0.2, 0.25) is 18.1 Å². The van der Waals surface area contributed by atoms with Crippen LogP contribution in [0, 0.1) is 20.8 Å². The minimum Gasteiger partial charge on any atom is -0.543 e. The first-order chi connectivity index (χ1) is 25.6. The van der Waals surface area contributed by atoms with Gasteiger partial charge in [0.25, 0.3) is 8.32 Å². The van der Waals surface area contributed by atoms with E-state index in [0.717, 1.165) is 56.4 Å². The Morgan fingerprint density at radius 3 is 1.76 bits per heavy atom. The highest BCUT2D eigenvalue weighted by Gasteiger charge is 2.45. The second-order valence-electron chi connectivity index (χ2n) is 17.7. The molecule has 1 heterocycles. The molecule has 1 aliphatic heterocycles. The van der Waals surface area contributed by atoms with E-state index >= 15 is 0 Å². The summed E-state index contributed by atoms with van der Waals surface area (Å²) in [6.07, 6.45) is 14.8. The molecule has 4 aromatic carbocycles. The quantitative estimate of drug-likeness (QED) is 0.0683. The van der Waals surface area contributed by atoms with Crippen LogP contribution in [0.4, 0.5) is 0 Å². The van der Waals surface area contributed by atoms with E-state index in [0.29, 0.717) is 0 Å². The number of allylic oxidation sites excluding steroid dienone is 4. The van der Waals surface area contributed by atoms with Crippen molar-refractivity contribution in [1.82, 2.24) is 0 Å². The van der Waals surface area contributed by atoms with E-state index in [2.05, 4.69) is 179 Å². The van der Waals surface area contributed by atoms with Gasteiger partial charge in [0.2, 0.25) is 0 Å². The zero-order valence-electron chi connectivity index (χ0n) is 35.4. The zero-order valence-corrected chi connectivity index (χ0v) is 37.3. The minimum atomic E-state index is -1.95. The molecule has 0 saturated carbocycles. The lowest BCUT2D eigenvalue weighted by molar-refractivity contribution is 0.0559. The van der Waals surface area contributed by atoms with Crippen LogP contribution in [0.15, 0.2) is 114 Å². The first-order valence-electron chi connectivity index (χ1n) is 20.4. The maximum atomic E-state index is 6.92. The van der Waals surface area contributed by atoms with Gasteiger partial charge in [0, 0.05) is 5.56 Å². The Kier molecular flexibility index (Phi) is 13.6. The monoisotopic (exact) mass is 759 g/mol. The standard InChI is InChI=1S/C50H68O2PSi/c1-38(26-22-35-50(9)36-34-46-42(5)47(40(3)41(4)48(46)51-50)52-54(10,11)49(6,7)8)24-21-25-39(2)27-23-37-53(43-28-15-12-16-29-43,44-30-17-13-18-31-44)45-32-19-14-20-33-45/h12-20,25-26,28-33H,21-24,27,34-37H2,1-11H3/q+1/b38-26+,39-25+/t50-/m1/s1. The number of hydrogen-bond donors (Lipinski definition) is 0.